The molecule has 2 aromatic carbocycles. The summed E-state index contributed by atoms with van der Waals surface area (Å²) in [6.07, 6.45) is 8.23. The summed E-state index contributed by atoms with van der Waals surface area (Å²) < 4.78 is 5.35. The summed E-state index contributed by atoms with van der Waals surface area (Å²) in [5.41, 5.74) is 4.99. The number of H-pyrrole nitrogens is 1. The van der Waals surface area contributed by atoms with E-state index in [4.69, 9.17) is 4.74 Å². The zero-order valence-corrected chi connectivity index (χ0v) is 20.7. The van der Waals surface area contributed by atoms with E-state index in [2.05, 4.69) is 39.2 Å². The second kappa shape index (κ2) is 10.5. The van der Waals surface area contributed by atoms with Crippen molar-refractivity contribution in [2.75, 3.05) is 26.7 Å². The lowest BCUT2D eigenvalue weighted by Crippen LogP contribution is -2.45. The number of aromatic nitrogens is 2. The van der Waals surface area contributed by atoms with Gasteiger partial charge in [-0.2, -0.15) is 0 Å². The molecule has 5 rings (SSSR count). The molecule has 0 spiro atoms. The molecule has 1 atom stereocenters. The van der Waals surface area contributed by atoms with Gasteiger partial charge in [-0.15, -0.1) is 0 Å². The minimum absolute atomic E-state index is 0.0762. The number of carbonyl (C=O) groups excluding carboxylic acids is 1. The van der Waals surface area contributed by atoms with Crippen molar-refractivity contribution in [3.8, 4) is 5.75 Å². The lowest BCUT2D eigenvalue weighted by Gasteiger charge is -2.33. The molecule has 186 valence electrons. The standard InChI is InChI=1S/C29H32N4O3/c1-19-4-3-5-23-20(17-31-29(19)23)6-9-28(35)32-21-11-14-33(15-12-21)18-27(34)24-10-13-30-26-8-7-22(36-2)16-25(24)26/h3-10,13,16-17,21,27,31,34H,11-12,14-15,18H2,1-2H3,(H,32,35)/b9-6+/t27-/m0/s1. The predicted molar refractivity (Wildman–Crippen MR) is 143 cm³/mol. The Labute approximate surface area is 210 Å². The smallest absolute Gasteiger partial charge is 0.244 e. The highest BCUT2D eigenvalue weighted by molar-refractivity contribution is 5.97. The van der Waals surface area contributed by atoms with Crippen LogP contribution in [0.4, 0.5) is 0 Å². The number of hydrogen-bond acceptors (Lipinski definition) is 5. The fourth-order valence-electron chi connectivity index (χ4n) is 5.05. The SMILES string of the molecule is COc1ccc2nccc([C@@H](O)CN3CCC(NC(=O)/C=C/c4c[nH]c5c(C)cccc45)CC3)c2c1. The molecule has 4 aromatic rings. The number of ether oxygens (including phenoxy) is 1. The van der Waals surface area contributed by atoms with Gasteiger partial charge >= 0.3 is 0 Å². The first-order valence-electron chi connectivity index (χ1n) is 12.4. The van der Waals surface area contributed by atoms with Crippen LogP contribution in [0.25, 0.3) is 27.9 Å². The van der Waals surface area contributed by atoms with E-state index in [0.29, 0.717) is 6.54 Å². The molecule has 1 amide bonds. The molecule has 0 aliphatic carbocycles. The third-order valence-corrected chi connectivity index (χ3v) is 7.08. The summed E-state index contributed by atoms with van der Waals surface area (Å²) in [5, 5.41) is 16.2. The fourth-order valence-corrected chi connectivity index (χ4v) is 5.05. The van der Waals surface area contributed by atoms with E-state index in [1.54, 1.807) is 19.4 Å². The average Bonchev–Trinajstić information content (AvgIpc) is 3.32. The maximum atomic E-state index is 12.6. The highest BCUT2D eigenvalue weighted by atomic mass is 16.5. The van der Waals surface area contributed by atoms with Crippen LogP contribution >= 0.6 is 0 Å². The number of carbonyl (C=O) groups is 1. The number of amides is 1. The molecule has 0 unspecified atom stereocenters. The van der Waals surface area contributed by atoms with Crippen molar-refractivity contribution in [1.29, 1.82) is 0 Å². The first-order chi connectivity index (χ1) is 17.5. The quantitative estimate of drug-likeness (QED) is 0.339. The molecule has 0 saturated carbocycles. The molecule has 3 N–H and O–H groups in total. The number of methoxy groups -OCH3 is 1. The molecule has 3 heterocycles. The molecule has 1 saturated heterocycles. The Hall–Kier alpha value is -3.68. The van der Waals surface area contributed by atoms with Gasteiger partial charge in [0.05, 0.1) is 18.7 Å². The third kappa shape index (κ3) is 5.12. The summed E-state index contributed by atoms with van der Waals surface area (Å²) in [4.78, 5) is 22.5. The number of hydrogen-bond donors (Lipinski definition) is 3. The normalized spacial score (nSPS) is 16.1. The zero-order valence-electron chi connectivity index (χ0n) is 20.7. The van der Waals surface area contributed by atoms with Crippen molar-refractivity contribution in [3.05, 3.63) is 77.6 Å². The number of aryl methyl sites for hydroxylation is 1. The molecular formula is C29H32N4O3. The first-order valence-corrected chi connectivity index (χ1v) is 12.4. The number of aliphatic hydroxyl groups excluding tert-OH is 1. The lowest BCUT2D eigenvalue weighted by molar-refractivity contribution is -0.117. The maximum Gasteiger partial charge on any atom is 0.244 e. The topological polar surface area (TPSA) is 90.5 Å². The summed E-state index contributed by atoms with van der Waals surface area (Å²) in [7, 11) is 1.63. The second-order valence-electron chi connectivity index (χ2n) is 9.46. The summed E-state index contributed by atoms with van der Waals surface area (Å²) in [5.74, 6) is 0.669. The number of benzene rings is 2. The predicted octanol–water partition coefficient (Wildman–Crippen LogP) is 4.36. The molecule has 0 bridgehead atoms. The Morgan fingerprint density at radius 2 is 2.08 bits per heavy atom. The van der Waals surface area contributed by atoms with Crippen molar-refractivity contribution in [1.82, 2.24) is 20.2 Å². The monoisotopic (exact) mass is 484 g/mol. The van der Waals surface area contributed by atoms with Gasteiger partial charge < -0.3 is 25.0 Å². The minimum atomic E-state index is -0.628. The van der Waals surface area contributed by atoms with Gasteiger partial charge in [0.25, 0.3) is 0 Å². The molecule has 1 aliphatic rings. The Kier molecular flexibility index (Phi) is 7.02. The van der Waals surface area contributed by atoms with Crippen molar-refractivity contribution in [3.63, 3.8) is 0 Å². The van der Waals surface area contributed by atoms with Crippen LogP contribution in [0.3, 0.4) is 0 Å². The number of aromatic amines is 1. The number of nitrogens with zero attached hydrogens (tertiary/aromatic N) is 2. The third-order valence-electron chi connectivity index (χ3n) is 7.08. The van der Waals surface area contributed by atoms with E-state index in [-0.39, 0.29) is 11.9 Å². The van der Waals surface area contributed by atoms with Crippen molar-refractivity contribution in [2.24, 2.45) is 0 Å². The Morgan fingerprint density at radius 3 is 2.89 bits per heavy atom. The number of para-hydroxylation sites is 1. The molecule has 7 heteroatoms. The fraction of sp³-hybridized carbons (Fsp3) is 0.310. The highest BCUT2D eigenvalue weighted by Crippen LogP contribution is 2.28. The van der Waals surface area contributed by atoms with Crippen LogP contribution in [0.5, 0.6) is 5.75 Å². The van der Waals surface area contributed by atoms with E-state index in [0.717, 1.165) is 64.6 Å². The van der Waals surface area contributed by atoms with Crippen molar-refractivity contribution < 1.29 is 14.6 Å². The first kappa shape index (κ1) is 24.0. The number of β-amino-alcohol motifs (C(OH)–C–C–N with tert-alkyl or cyclic N) is 1. The number of pyridine rings is 1. The van der Waals surface area contributed by atoms with E-state index in [1.807, 2.05) is 42.6 Å². The van der Waals surface area contributed by atoms with Gasteiger partial charge in [-0.1, -0.05) is 18.2 Å². The number of nitrogens with one attached hydrogen (secondary N) is 2. The van der Waals surface area contributed by atoms with Crippen LogP contribution in [-0.2, 0) is 4.79 Å². The van der Waals surface area contributed by atoms with E-state index < -0.39 is 6.10 Å². The van der Waals surface area contributed by atoms with Crippen LogP contribution in [0.1, 0.15) is 35.6 Å². The van der Waals surface area contributed by atoms with Gasteiger partial charge in [-0.05, 0) is 66.8 Å². The Bertz CT molecular complexity index is 1400. The van der Waals surface area contributed by atoms with Crippen molar-refractivity contribution in [2.45, 2.75) is 31.9 Å². The minimum Gasteiger partial charge on any atom is -0.497 e. The molecule has 0 radical (unpaired) electrons. The van der Waals surface area contributed by atoms with Crippen molar-refractivity contribution >= 4 is 33.8 Å². The van der Waals surface area contributed by atoms with Gasteiger partial charge in [-0.25, -0.2) is 0 Å². The van der Waals surface area contributed by atoms with E-state index in [1.165, 1.54) is 5.56 Å². The molecule has 1 fully saturated rings. The Balaban J connectivity index is 1.15. The van der Waals surface area contributed by atoms with Crippen LogP contribution in [0.15, 0.2) is 60.9 Å². The van der Waals surface area contributed by atoms with Gasteiger partial charge in [0, 0.05) is 60.4 Å². The molecular weight excluding hydrogens is 452 g/mol. The number of rotatable bonds is 7. The van der Waals surface area contributed by atoms with Crippen LogP contribution in [0.2, 0.25) is 0 Å². The van der Waals surface area contributed by atoms with Gasteiger partial charge in [0.2, 0.25) is 5.91 Å². The maximum absolute atomic E-state index is 12.6. The largest absolute Gasteiger partial charge is 0.497 e. The van der Waals surface area contributed by atoms with Crippen LogP contribution in [-0.4, -0.2) is 58.7 Å². The lowest BCUT2D eigenvalue weighted by atomic mass is 10.0. The molecule has 1 aliphatic heterocycles. The number of likely N-dealkylation sites (tertiary alicyclic amines) is 1. The Morgan fingerprint density at radius 1 is 1.25 bits per heavy atom. The zero-order chi connectivity index (χ0) is 25.1. The number of fused-ring (bicyclic) bond motifs is 2. The summed E-state index contributed by atoms with van der Waals surface area (Å²) >= 11 is 0. The number of aliphatic hydroxyl groups is 1. The van der Waals surface area contributed by atoms with Crippen LogP contribution in [0, 0.1) is 6.92 Å². The van der Waals surface area contributed by atoms with Crippen LogP contribution < -0.4 is 10.1 Å². The second-order valence-corrected chi connectivity index (χ2v) is 9.46. The average molecular weight is 485 g/mol. The van der Waals surface area contributed by atoms with Gasteiger partial charge in [-0.3, -0.25) is 9.78 Å². The highest BCUT2D eigenvalue weighted by Gasteiger charge is 2.23. The molecule has 7 nitrogen and oxygen atoms in total. The summed E-state index contributed by atoms with van der Waals surface area (Å²) in [6.45, 7) is 4.25. The van der Waals surface area contributed by atoms with Gasteiger partial charge in [0.1, 0.15) is 5.75 Å². The summed E-state index contributed by atoms with van der Waals surface area (Å²) in [6, 6.07) is 13.9. The molecule has 36 heavy (non-hydrogen) atoms. The van der Waals surface area contributed by atoms with E-state index in [9.17, 15) is 9.90 Å². The number of piperidine rings is 1. The van der Waals surface area contributed by atoms with E-state index >= 15 is 0 Å². The van der Waals surface area contributed by atoms with Gasteiger partial charge in [0.15, 0.2) is 0 Å². The molecule has 2 aromatic heterocycles.